The van der Waals surface area contributed by atoms with E-state index in [1.54, 1.807) is 62.0 Å². The molecule has 4 rings (SSSR count). The largest absolute Gasteiger partial charge is 0.507 e. The van der Waals surface area contributed by atoms with Crippen molar-refractivity contribution in [1.29, 1.82) is 0 Å². The summed E-state index contributed by atoms with van der Waals surface area (Å²) in [6.45, 7) is 1.97. The highest BCUT2D eigenvalue weighted by atomic mass is 16.5. The van der Waals surface area contributed by atoms with Crippen LogP contribution in [0.25, 0.3) is 5.76 Å². The van der Waals surface area contributed by atoms with Crippen molar-refractivity contribution in [1.82, 2.24) is 9.88 Å². The third-order valence-corrected chi connectivity index (χ3v) is 6.01. The predicted molar refractivity (Wildman–Crippen MR) is 129 cm³/mol. The zero-order chi connectivity index (χ0) is 25.1. The minimum absolute atomic E-state index is 0.00400. The number of carbonyl (C=O) groups is 2. The highest BCUT2D eigenvalue weighted by Crippen LogP contribution is 2.42. The average molecular weight is 475 g/mol. The third kappa shape index (κ3) is 4.42. The fraction of sp³-hybridized carbons (Fsp3) is 0.222. The van der Waals surface area contributed by atoms with Gasteiger partial charge in [0.25, 0.3) is 11.7 Å². The fourth-order valence-electron chi connectivity index (χ4n) is 4.28. The number of aliphatic hydroxyl groups excluding tert-OH is 1. The van der Waals surface area contributed by atoms with Crippen molar-refractivity contribution in [3.05, 3.63) is 88.8 Å². The van der Waals surface area contributed by atoms with Gasteiger partial charge >= 0.3 is 0 Å². The Kier molecular flexibility index (Phi) is 6.73. The van der Waals surface area contributed by atoms with Crippen molar-refractivity contribution in [2.45, 2.75) is 19.5 Å². The number of Topliss-reactive ketones (excluding diaryl/α,β-unsaturated/α-hetero) is 1. The number of carbonyl (C=O) groups excluding carboxylic acids is 2. The van der Waals surface area contributed by atoms with Gasteiger partial charge < -0.3 is 24.2 Å². The van der Waals surface area contributed by atoms with Crippen LogP contribution in [0.3, 0.4) is 0 Å². The van der Waals surface area contributed by atoms with Crippen LogP contribution in [0.5, 0.6) is 17.2 Å². The molecule has 2 heterocycles. The molecular formula is C27H26N2O6. The Balaban J connectivity index is 1.90. The van der Waals surface area contributed by atoms with Crippen molar-refractivity contribution in [3.8, 4) is 17.2 Å². The summed E-state index contributed by atoms with van der Waals surface area (Å²) in [4.78, 5) is 32.1. The van der Waals surface area contributed by atoms with E-state index in [2.05, 4.69) is 4.98 Å². The molecule has 8 nitrogen and oxygen atoms in total. The minimum atomic E-state index is -0.850. The van der Waals surface area contributed by atoms with Crippen molar-refractivity contribution >= 4 is 17.4 Å². The van der Waals surface area contributed by atoms with Gasteiger partial charge in [-0.1, -0.05) is 12.1 Å². The van der Waals surface area contributed by atoms with Gasteiger partial charge in [-0.15, -0.1) is 0 Å². The Morgan fingerprint density at radius 3 is 2.31 bits per heavy atom. The lowest BCUT2D eigenvalue weighted by Crippen LogP contribution is -2.29. The van der Waals surface area contributed by atoms with E-state index in [4.69, 9.17) is 14.2 Å². The first kappa shape index (κ1) is 23.8. The number of ketones is 1. The number of aliphatic hydroxyl groups is 1. The van der Waals surface area contributed by atoms with E-state index >= 15 is 0 Å². The van der Waals surface area contributed by atoms with E-state index in [0.29, 0.717) is 28.4 Å². The zero-order valence-corrected chi connectivity index (χ0v) is 19.9. The molecule has 1 aliphatic heterocycles. The SMILES string of the molecule is COc1ccc(/C(O)=C2\C(=O)C(=O)N(Cc3cccnc3)[C@H]2c2ccc(OC)c(OC)c2)cc1C. The molecule has 1 atom stereocenters. The number of rotatable bonds is 7. The first-order valence-electron chi connectivity index (χ1n) is 10.9. The molecule has 0 spiro atoms. The summed E-state index contributed by atoms with van der Waals surface area (Å²) in [5.74, 6) is -0.138. The molecular weight excluding hydrogens is 448 g/mol. The summed E-state index contributed by atoms with van der Waals surface area (Å²) in [5, 5.41) is 11.3. The molecule has 3 aromatic rings. The molecule has 0 saturated carbocycles. The van der Waals surface area contributed by atoms with Crippen LogP contribution in [0.2, 0.25) is 0 Å². The standard InChI is InChI=1S/C27H26N2O6/c1-16-12-19(8-9-20(16)33-2)25(30)23-24(18-7-10-21(34-3)22(13-18)35-4)29(27(32)26(23)31)15-17-6-5-11-28-14-17/h5-14,24,30H,15H2,1-4H3/b25-23+/t24-/m0/s1. The number of benzene rings is 2. The van der Waals surface area contributed by atoms with Crippen LogP contribution < -0.4 is 14.2 Å². The second-order valence-corrected chi connectivity index (χ2v) is 8.09. The lowest BCUT2D eigenvalue weighted by Gasteiger charge is -2.26. The van der Waals surface area contributed by atoms with Crippen LogP contribution in [-0.4, -0.2) is 48.0 Å². The number of nitrogens with zero attached hydrogens (tertiary/aromatic N) is 2. The summed E-state index contributed by atoms with van der Waals surface area (Å²) in [7, 11) is 4.59. The van der Waals surface area contributed by atoms with Crippen molar-refractivity contribution < 1.29 is 28.9 Å². The van der Waals surface area contributed by atoms with Crippen LogP contribution in [0.15, 0.2) is 66.5 Å². The van der Waals surface area contributed by atoms with E-state index in [0.717, 1.165) is 11.1 Å². The maximum absolute atomic E-state index is 13.3. The first-order valence-corrected chi connectivity index (χ1v) is 10.9. The molecule has 1 fully saturated rings. The lowest BCUT2D eigenvalue weighted by atomic mass is 9.94. The molecule has 1 aliphatic rings. The maximum Gasteiger partial charge on any atom is 0.295 e. The molecule has 0 unspecified atom stereocenters. The Hall–Kier alpha value is -4.33. The van der Waals surface area contributed by atoms with Crippen molar-refractivity contribution in [2.75, 3.05) is 21.3 Å². The topological polar surface area (TPSA) is 98.2 Å². The van der Waals surface area contributed by atoms with E-state index < -0.39 is 17.7 Å². The number of aromatic nitrogens is 1. The molecule has 1 saturated heterocycles. The Labute approximate surface area is 203 Å². The summed E-state index contributed by atoms with van der Waals surface area (Å²) < 4.78 is 16.1. The molecule has 0 bridgehead atoms. The van der Waals surface area contributed by atoms with Crippen LogP contribution in [0.4, 0.5) is 0 Å². The quantitative estimate of drug-likeness (QED) is 0.314. The van der Waals surface area contributed by atoms with E-state index in [9.17, 15) is 14.7 Å². The van der Waals surface area contributed by atoms with E-state index in [1.807, 2.05) is 13.0 Å². The lowest BCUT2D eigenvalue weighted by molar-refractivity contribution is -0.140. The van der Waals surface area contributed by atoms with Crippen LogP contribution >= 0.6 is 0 Å². The predicted octanol–water partition coefficient (Wildman–Crippen LogP) is 4.04. The zero-order valence-electron chi connectivity index (χ0n) is 19.9. The highest BCUT2D eigenvalue weighted by Gasteiger charge is 2.46. The monoisotopic (exact) mass is 474 g/mol. The average Bonchev–Trinajstić information content (AvgIpc) is 3.13. The highest BCUT2D eigenvalue weighted by molar-refractivity contribution is 6.46. The van der Waals surface area contributed by atoms with Crippen LogP contribution in [0, 0.1) is 6.92 Å². The number of hydrogen-bond acceptors (Lipinski definition) is 7. The van der Waals surface area contributed by atoms with Crippen molar-refractivity contribution in [3.63, 3.8) is 0 Å². The van der Waals surface area contributed by atoms with Crippen molar-refractivity contribution in [2.24, 2.45) is 0 Å². The minimum Gasteiger partial charge on any atom is -0.507 e. The van der Waals surface area contributed by atoms with Gasteiger partial charge in [-0.05, 0) is 60.0 Å². The summed E-state index contributed by atoms with van der Waals surface area (Å²) in [6, 6.07) is 13.0. The Bertz CT molecular complexity index is 1300. The van der Waals surface area contributed by atoms with Gasteiger partial charge in [-0.25, -0.2) is 0 Å². The number of pyridine rings is 1. The summed E-state index contributed by atoms with van der Waals surface area (Å²) in [5.41, 5.74) is 2.53. The molecule has 8 heteroatoms. The molecule has 0 aliphatic carbocycles. The molecule has 35 heavy (non-hydrogen) atoms. The van der Waals surface area contributed by atoms with Crippen LogP contribution in [0.1, 0.15) is 28.3 Å². The van der Waals surface area contributed by atoms with Gasteiger partial charge in [0.2, 0.25) is 0 Å². The molecule has 1 aromatic heterocycles. The third-order valence-electron chi connectivity index (χ3n) is 6.01. The maximum atomic E-state index is 13.3. The molecule has 1 N–H and O–H groups in total. The van der Waals surface area contributed by atoms with Gasteiger partial charge in [-0.3, -0.25) is 14.6 Å². The Morgan fingerprint density at radius 1 is 0.971 bits per heavy atom. The number of hydrogen-bond donors (Lipinski definition) is 1. The van der Waals surface area contributed by atoms with Gasteiger partial charge in [-0.2, -0.15) is 0 Å². The van der Waals surface area contributed by atoms with Gasteiger partial charge in [0.15, 0.2) is 11.5 Å². The van der Waals surface area contributed by atoms with Gasteiger partial charge in [0, 0.05) is 24.5 Å². The number of aryl methyl sites for hydroxylation is 1. The first-order chi connectivity index (χ1) is 16.9. The van der Waals surface area contributed by atoms with Gasteiger partial charge in [0.05, 0.1) is 32.9 Å². The second kappa shape index (κ2) is 9.89. The number of likely N-dealkylation sites (tertiary alicyclic amines) is 1. The number of amides is 1. The normalized spacial score (nSPS) is 16.9. The van der Waals surface area contributed by atoms with Gasteiger partial charge in [0.1, 0.15) is 11.5 Å². The van der Waals surface area contributed by atoms with E-state index in [-0.39, 0.29) is 17.9 Å². The molecule has 1 amide bonds. The summed E-state index contributed by atoms with van der Waals surface area (Å²) >= 11 is 0. The molecule has 0 radical (unpaired) electrons. The fourth-order valence-corrected chi connectivity index (χ4v) is 4.28. The van der Waals surface area contributed by atoms with E-state index in [1.165, 1.54) is 19.1 Å². The second-order valence-electron chi connectivity index (χ2n) is 8.09. The number of ether oxygens (including phenoxy) is 3. The Morgan fingerprint density at radius 2 is 1.69 bits per heavy atom. The molecule has 180 valence electrons. The van der Waals surface area contributed by atoms with Crippen LogP contribution in [-0.2, 0) is 16.1 Å². The smallest absolute Gasteiger partial charge is 0.295 e. The number of methoxy groups -OCH3 is 3. The molecule has 2 aromatic carbocycles. The summed E-state index contributed by atoms with van der Waals surface area (Å²) in [6.07, 6.45) is 3.27.